The van der Waals surface area contributed by atoms with Gasteiger partial charge < -0.3 is 19.5 Å². The Labute approximate surface area is 217 Å². The predicted molar refractivity (Wildman–Crippen MR) is 144 cm³/mol. The second-order valence-electron chi connectivity index (χ2n) is 7.56. The predicted octanol–water partition coefficient (Wildman–Crippen LogP) is 5.07. The van der Waals surface area contributed by atoms with E-state index in [0.29, 0.717) is 22.3 Å². The Morgan fingerprint density at radius 2 is 1.78 bits per heavy atom. The number of para-hydroxylation sites is 1. The fourth-order valence-corrected chi connectivity index (χ4v) is 3.99. The van der Waals surface area contributed by atoms with Crippen molar-refractivity contribution in [2.45, 2.75) is 0 Å². The van der Waals surface area contributed by atoms with Gasteiger partial charge in [-0.05, 0) is 35.9 Å². The van der Waals surface area contributed by atoms with Gasteiger partial charge in [-0.15, -0.1) is 11.3 Å². The topological polar surface area (TPSA) is 111 Å². The number of thiazole rings is 1. The number of nitrogens with zero attached hydrogens (tertiary/aromatic N) is 2. The maximum absolute atomic E-state index is 12.4. The standard InChI is InChI=1S/C27H24N4O5S/c1-34-24-14-18(15-28-31-27-30-22(17-37-27)19-8-4-3-5-9-19)12-13-23(24)36-16-25(32)29-21-11-7-6-10-20(21)26(33)35-2/h3-15,17H,16H2,1-2H3,(H,29,32)(H,30,31). The molecule has 0 radical (unpaired) electrons. The molecular weight excluding hydrogens is 492 g/mol. The molecule has 2 N–H and O–H groups in total. The van der Waals surface area contributed by atoms with Crippen LogP contribution in [0.4, 0.5) is 10.8 Å². The molecule has 3 aromatic carbocycles. The maximum atomic E-state index is 12.4. The Morgan fingerprint density at radius 1 is 1.00 bits per heavy atom. The molecule has 1 amide bonds. The van der Waals surface area contributed by atoms with Gasteiger partial charge in [-0.3, -0.25) is 10.2 Å². The number of nitrogens with one attached hydrogen (secondary N) is 2. The van der Waals surface area contributed by atoms with Crippen molar-refractivity contribution in [3.05, 3.63) is 89.3 Å². The van der Waals surface area contributed by atoms with Crippen LogP contribution in [0.3, 0.4) is 0 Å². The number of benzene rings is 3. The van der Waals surface area contributed by atoms with Gasteiger partial charge in [-0.1, -0.05) is 42.5 Å². The van der Waals surface area contributed by atoms with Crippen LogP contribution in [0.15, 0.2) is 83.3 Å². The van der Waals surface area contributed by atoms with E-state index in [0.717, 1.165) is 16.8 Å². The van der Waals surface area contributed by atoms with Crippen molar-refractivity contribution in [2.24, 2.45) is 5.10 Å². The zero-order chi connectivity index (χ0) is 26.0. The van der Waals surface area contributed by atoms with Crippen LogP contribution in [-0.4, -0.2) is 43.9 Å². The van der Waals surface area contributed by atoms with Crippen molar-refractivity contribution in [3.8, 4) is 22.8 Å². The number of hydrogen-bond donors (Lipinski definition) is 2. The largest absolute Gasteiger partial charge is 0.493 e. The molecule has 0 bridgehead atoms. The summed E-state index contributed by atoms with van der Waals surface area (Å²) in [6.07, 6.45) is 1.63. The van der Waals surface area contributed by atoms with Gasteiger partial charge in [-0.25, -0.2) is 9.78 Å². The van der Waals surface area contributed by atoms with E-state index in [1.165, 1.54) is 25.6 Å². The molecule has 1 aromatic heterocycles. The lowest BCUT2D eigenvalue weighted by Crippen LogP contribution is -2.22. The van der Waals surface area contributed by atoms with Crippen LogP contribution in [0, 0.1) is 0 Å². The molecule has 0 aliphatic rings. The molecule has 0 aliphatic heterocycles. The van der Waals surface area contributed by atoms with E-state index in [-0.39, 0.29) is 12.2 Å². The van der Waals surface area contributed by atoms with Crippen molar-refractivity contribution in [1.82, 2.24) is 4.98 Å². The average molecular weight is 517 g/mol. The van der Waals surface area contributed by atoms with Gasteiger partial charge in [0.1, 0.15) is 0 Å². The third kappa shape index (κ3) is 6.71. The fraction of sp³-hybridized carbons (Fsp3) is 0.111. The molecule has 1 heterocycles. The number of hydrogen-bond acceptors (Lipinski definition) is 9. The summed E-state index contributed by atoms with van der Waals surface area (Å²) in [5, 5.41) is 9.54. The molecule has 0 saturated carbocycles. The number of rotatable bonds is 10. The Kier molecular flexibility index (Phi) is 8.45. The number of ether oxygens (including phenoxy) is 3. The summed E-state index contributed by atoms with van der Waals surface area (Å²) in [5.41, 5.74) is 6.20. The first-order valence-electron chi connectivity index (χ1n) is 11.2. The second-order valence-corrected chi connectivity index (χ2v) is 8.42. The molecule has 10 heteroatoms. The van der Waals surface area contributed by atoms with Gasteiger partial charge in [0.05, 0.1) is 37.4 Å². The van der Waals surface area contributed by atoms with Gasteiger partial charge in [0.2, 0.25) is 5.13 Å². The number of methoxy groups -OCH3 is 2. The molecule has 4 aromatic rings. The summed E-state index contributed by atoms with van der Waals surface area (Å²) in [6, 6.07) is 21.7. The Balaban J connectivity index is 1.34. The molecule has 0 atom stereocenters. The Bertz CT molecular complexity index is 1400. The number of carbonyl (C=O) groups excluding carboxylic acids is 2. The fourth-order valence-electron chi connectivity index (χ4n) is 3.32. The minimum Gasteiger partial charge on any atom is -0.493 e. The highest BCUT2D eigenvalue weighted by molar-refractivity contribution is 7.14. The molecule has 0 unspecified atom stereocenters. The summed E-state index contributed by atoms with van der Waals surface area (Å²) < 4.78 is 15.8. The van der Waals surface area contributed by atoms with E-state index in [1.54, 1.807) is 48.7 Å². The number of esters is 1. The van der Waals surface area contributed by atoms with Gasteiger partial charge >= 0.3 is 5.97 Å². The van der Waals surface area contributed by atoms with Gasteiger partial charge in [0.15, 0.2) is 18.1 Å². The highest BCUT2D eigenvalue weighted by atomic mass is 32.1. The van der Waals surface area contributed by atoms with E-state index >= 15 is 0 Å². The quantitative estimate of drug-likeness (QED) is 0.172. The highest BCUT2D eigenvalue weighted by Gasteiger charge is 2.14. The molecule has 0 fully saturated rings. The first kappa shape index (κ1) is 25.4. The molecule has 0 spiro atoms. The number of anilines is 2. The second kappa shape index (κ2) is 12.3. The Hall–Kier alpha value is -4.70. The van der Waals surface area contributed by atoms with Crippen LogP contribution in [-0.2, 0) is 9.53 Å². The number of carbonyl (C=O) groups is 2. The molecule has 4 rings (SSSR count). The molecular formula is C27H24N4O5S. The summed E-state index contributed by atoms with van der Waals surface area (Å²) in [5.74, 6) is -0.160. The van der Waals surface area contributed by atoms with E-state index in [4.69, 9.17) is 14.2 Å². The Morgan fingerprint density at radius 3 is 2.57 bits per heavy atom. The SMILES string of the molecule is COC(=O)c1ccccc1NC(=O)COc1ccc(C=NNc2nc(-c3ccccc3)cs2)cc1OC. The number of aromatic nitrogens is 1. The van der Waals surface area contributed by atoms with E-state index < -0.39 is 11.9 Å². The lowest BCUT2D eigenvalue weighted by atomic mass is 10.2. The third-order valence-electron chi connectivity index (χ3n) is 5.10. The summed E-state index contributed by atoms with van der Waals surface area (Å²) in [6.45, 7) is -0.283. The van der Waals surface area contributed by atoms with Gasteiger partial charge in [0, 0.05) is 10.9 Å². The zero-order valence-corrected chi connectivity index (χ0v) is 21.0. The highest BCUT2D eigenvalue weighted by Crippen LogP contribution is 2.28. The minimum atomic E-state index is -0.545. The van der Waals surface area contributed by atoms with Crippen molar-refractivity contribution in [2.75, 3.05) is 31.6 Å². The van der Waals surface area contributed by atoms with Crippen LogP contribution in [0.5, 0.6) is 11.5 Å². The summed E-state index contributed by atoms with van der Waals surface area (Å²) in [4.78, 5) is 28.8. The van der Waals surface area contributed by atoms with Gasteiger partial charge in [-0.2, -0.15) is 5.10 Å². The van der Waals surface area contributed by atoms with Crippen LogP contribution in [0.25, 0.3) is 11.3 Å². The van der Waals surface area contributed by atoms with E-state index in [2.05, 4.69) is 20.8 Å². The first-order valence-corrected chi connectivity index (χ1v) is 12.0. The van der Waals surface area contributed by atoms with Crippen molar-refractivity contribution in [3.63, 3.8) is 0 Å². The lowest BCUT2D eigenvalue weighted by Gasteiger charge is -2.12. The van der Waals surface area contributed by atoms with Gasteiger partial charge in [0.25, 0.3) is 5.91 Å². The lowest BCUT2D eigenvalue weighted by molar-refractivity contribution is -0.118. The molecule has 188 valence electrons. The molecule has 0 aliphatic carbocycles. The minimum absolute atomic E-state index is 0.252. The average Bonchev–Trinajstić information content (AvgIpc) is 3.41. The molecule has 37 heavy (non-hydrogen) atoms. The van der Waals surface area contributed by atoms with Crippen LogP contribution >= 0.6 is 11.3 Å². The van der Waals surface area contributed by atoms with Crippen molar-refractivity contribution >= 4 is 40.2 Å². The third-order valence-corrected chi connectivity index (χ3v) is 5.85. The number of amides is 1. The monoisotopic (exact) mass is 516 g/mol. The maximum Gasteiger partial charge on any atom is 0.339 e. The van der Waals surface area contributed by atoms with Crippen LogP contribution in [0.1, 0.15) is 15.9 Å². The summed E-state index contributed by atoms with van der Waals surface area (Å²) in [7, 11) is 2.79. The normalized spacial score (nSPS) is 10.6. The van der Waals surface area contributed by atoms with E-state index in [1.807, 2.05) is 35.7 Å². The zero-order valence-electron chi connectivity index (χ0n) is 20.1. The first-order chi connectivity index (χ1) is 18.1. The smallest absolute Gasteiger partial charge is 0.339 e. The van der Waals surface area contributed by atoms with Crippen LogP contribution in [0.2, 0.25) is 0 Å². The van der Waals surface area contributed by atoms with E-state index in [9.17, 15) is 9.59 Å². The summed E-state index contributed by atoms with van der Waals surface area (Å²) >= 11 is 1.46. The van der Waals surface area contributed by atoms with Crippen molar-refractivity contribution < 1.29 is 23.8 Å². The van der Waals surface area contributed by atoms with Crippen LogP contribution < -0.4 is 20.2 Å². The van der Waals surface area contributed by atoms with Crippen molar-refractivity contribution in [1.29, 1.82) is 0 Å². The molecule has 9 nitrogen and oxygen atoms in total. The molecule has 0 saturated heterocycles. The number of hydrazone groups is 1.